The normalized spacial score (nSPS) is 29.9. The molecule has 6 rings (SSSR count). The van der Waals surface area contributed by atoms with Gasteiger partial charge >= 0.3 is 6.09 Å². The van der Waals surface area contributed by atoms with Crippen molar-refractivity contribution in [1.29, 1.82) is 0 Å². The van der Waals surface area contributed by atoms with Crippen molar-refractivity contribution in [2.75, 3.05) is 7.11 Å². The van der Waals surface area contributed by atoms with Gasteiger partial charge in [-0.1, -0.05) is 6.07 Å². The number of rotatable bonds is 5. The van der Waals surface area contributed by atoms with Crippen molar-refractivity contribution < 1.29 is 19.1 Å². The van der Waals surface area contributed by atoms with Gasteiger partial charge in [-0.15, -0.1) is 0 Å². The van der Waals surface area contributed by atoms with E-state index in [9.17, 15) is 9.59 Å². The summed E-state index contributed by atoms with van der Waals surface area (Å²) in [6.07, 6.45) is 8.10. The van der Waals surface area contributed by atoms with E-state index in [1.807, 2.05) is 12.1 Å². The maximum Gasteiger partial charge on any atom is 0.414 e. The van der Waals surface area contributed by atoms with Crippen LogP contribution in [-0.2, 0) is 0 Å². The Balaban J connectivity index is 1.32. The zero-order chi connectivity index (χ0) is 22.3. The Hall–Kier alpha value is -3.16. The number of carbonyl (C=O) groups is 2. The summed E-state index contributed by atoms with van der Waals surface area (Å²) in [5, 5.41) is 6.49. The second kappa shape index (κ2) is 7.76. The summed E-state index contributed by atoms with van der Waals surface area (Å²) in [5.41, 5.74) is 0.574. The third-order valence-corrected chi connectivity index (χ3v) is 7.07. The van der Waals surface area contributed by atoms with Gasteiger partial charge in [-0.3, -0.25) is 9.78 Å². The van der Waals surface area contributed by atoms with Crippen molar-refractivity contribution in [1.82, 2.24) is 20.6 Å². The molecule has 0 saturated heterocycles. The zero-order valence-electron chi connectivity index (χ0n) is 18.4. The number of amides is 2. The lowest BCUT2D eigenvalue weighted by Crippen LogP contribution is -2.70. The van der Waals surface area contributed by atoms with Crippen molar-refractivity contribution in [3.63, 3.8) is 0 Å². The van der Waals surface area contributed by atoms with Crippen LogP contribution in [0.2, 0.25) is 0 Å². The Bertz CT molecular complexity index is 1040. The number of hydrogen-bond acceptors (Lipinski definition) is 6. The highest BCUT2D eigenvalue weighted by molar-refractivity contribution is 5.95. The number of aryl methyl sites for hydroxylation is 1. The van der Waals surface area contributed by atoms with E-state index >= 15 is 0 Å². The first-order valence-corrected chi connectivity index (χ1v) is 11.1. The highest BCUT2D eigenvalue weighted by Crippen LogP contribution is 2.57. The van der Waals surface area contributed by atoms with Gasteiger partial charge in [0.2, 0.25) is 5.88 Å². The van der Waals surface area contributed by atoms with Gasteiger partial charge in [0.25, 0.3) is 5.91 Å². The summed E-state index contributed by atoms with van der Waals surface area (Å²) < 4.78 is 10.7. The number of nitrogens with zero attached hydrogens (tertiary/aromatic N) is 2. The molecule has 0 spiro atoms. The molecule has 8 heteroatoms. The summed E-state index contributed by atoms with van der Waals surface area (Å²) in [6, 6.07) is 7.20. The van der Waals surface area contributed by atoms with Crippen LogP contribution in [0.3, 0.4) is 0 Å². The Morgan fingerprint density at radius 3 is 2.47 bits per heavy atom. The van der Waals surface area contributed by atoms with E-state index < -0.39 is 6.09 Å². The van der Waals surface area contributed by atoms with Gasteiger partial charge in [-0.2, -0.15) is 0 Å². The molecule has 4 bridgehead atoms. The number of hydrogen-bond donors (Lipinski definition) is 2. The quantitative estimate of drug-likeness (QED) is 0.745. The van der Waals surface area contributed by atoms with Gasteiger partial charge in [0.1, 0.15) is 5.75 Å². The largest absolute Gasteiger partial charge is 0.497 e. The predicted molar refractivity (Wildman–Crippen MR) is 117 cm³/mol. The van der Waals surface area contributed by atoms with Crippen LogP contribution in [0.5, 0.6) is 11.6 Å². The molecule has 4 fully saturated rings. The van der Waals surface area contributed by atoms with Gasteiger partial charge in [0.05, 0.1) is 19.0 Å². The summed E-state index contributed by atoms with van der Waals surface area (Å²) in [4.78, 5) is 34.0. The number of benzene rings is 1. The van der Waals surface area contributed by atoms with Crippen molar-refractivity contribution in [2.24, 2.45) is 11.8 Å². The first-order valence-electron chi connectivity index (χ1n) is 11.1. The minimum Gasteiger partial charge on any atom is -0.497 e. The topological polar surface area (TPSA) is 102 Å². The average Bonchev–Trinajstić information content (AvgIpc) is 2.72. The van der Waals surface area contributed by atoms with Crippen molar-refractivity contribution in [3.05, 3.63) is 47.9 Å². The first-order chi connectivity index (χ1) is 15.4. The maximum atomic E-state index is 13.1. The van der Waals surface area contributed by atoms with E-state index in [-0.39, 0.29) is 22.9 Å². The zero-order valence-corrected chi connectivity index (χ0v) is 18.4. The number of nitrogens with one attached hydrogen (secondary N) is 2. The van der Waals surface area contributed by atoms with E-state index in [0.29, 0.717) is 35.3 Å². The Kier molecular flexibility index (Phi) is 5.03. The van der Waals surface area contributed by atoms with Crippen LogP contribution in [0.15, 0.2) is 36.7 Å². The van der Waals surface area contributed by atoms with Crippen LogP contribution >= 0.6 is 0 Å². The summed E-state index contributed by atoms with van der Waals surface area (Å²) in [6.45, 7) is 1.80. The minimum atomic E-state index is -0.513. The molecule has 1 aromatic heterocycles. The molecule has 168 valence electrons. The second-order valence-corrected chi connectivity index (χ2v) is 9.72. The smallest absolute Gasteiger partial charge is 0.414 e. The fourth-order valence-corrected chi connectivity index (χ4v) is 6.46. The monoisotopic (exact) mass is 436 g/mol. The van der Waals surface area contributed by atoms with Crippen LogP contribution in [-0.4, -0.2) is 40.2 Å². The van der Waals surface area contributed by atoms with Gasteiger partial charge in [-0.25, -0.2) is 9.78 Å². The Morgan fingerprint density at radius 2 is 1.78 bits per heavy atom. The lowest BCUT2D eigenvalue weighted by Gasteiger charge is -2.62. The van der Waals surface area contributed by atoms with E-state index in [1.54, 1.807) is 32.4 Å². The van der Waals surface area contributed by atoms with Crippen molar-refractivity contribution in [2.45, 2.75) is 56.5 Å². The first kappa shape index (κ1) is 20.7. The summed E-state index contributed by atoms with van der Waals surface area (Å²) in [7, 11) is 1.59. The van der Waals surface area contributed by atoms with E-state index in [4.69, 9.17) is 9.47 Å². The minimum absolute atomic E-state index is 0.0985. The van der Waals surface area contributed by atoms with Gasteiger partial charge in [0, 0.05) is 22.8 Å². The molecule has 1 aromatic carbocycles. The summed E-state index contributed by atoms with van der Waals surface area (Å²) >= 11 is 0. The van der Waals surface area contributed by atoms with Crippen LogP contribution in [0.4, 0.5) is 4.79 Å². The molecule has 2 atom stereocenters. The number of methoxy groups -OCH3 is 1. The van der Waals surface area contributed by atoms with Crippen LogP contribution in [0.25, 0.3) is 0 Å². The Morgan fingerprint density at radius 1 is 1.06 bits per heavy atom. The summed E-state index contributed by atoms with van der Waals surface area (Å²) in [5.74, 6) is 1.69. The van der Waals surface area contributed by atoms with Crippen molar-refractivity contribution in [3.8, 4) is 11.6 Å². The number of ether oxygens (including phenoxy) is 2. The molecule has 2 amide bonds. The predicted octanol–water partition coefficient (Wildman–Crippen LogP) is 3.40. The van der Waals surface area contributed by atoms with Gasteiger partial charge < -0.3 is 20.1 Å². The molecule has 2 aromatic rings. The Labute approximate surface area is 187 Å². The SMILES string of the molecule is COc1cccc(C(=O)NC23CC4CC(CC(NC(=O)Oc5cncc(C)n5)(C4)C2)C3)c1. The fourth-order valence-electron chi connectivity index (χ4n) is 6.46. The average molecular weight is 437 g/mol. The van der Waals surface area contributed by atoms with Crippen LogP contribution in [0, 0.1) is 18.8 Å². The standard InChI is InChI=1S/C24H28N4O4/c1-15-12-25-13-20(26-15)32-22(30)28-24-10-16-6-17(11-24)9-23(8-16,14-24)27-21(29)18-4-3-5-19(7-18)31-2/h3-5,7,12-13,16-17H,6,8-11,14H2,1-2H3,(H,27,29)(H,28,30). The molecular formula is C24H28N4O4. The van der Waals surface area contributed by atoms with Crippen LogP contribution in [0.1, 0.15) is 54.6 Å². The molecule has 32 heavy (non-hydrogen) atoms. The number of aromatic nitrogens is 2. The lowest BCUT2D eigenvalue weighted by molar-refractivity contribution is -0.0449. The highest BCUT2D eigenvalue weighted by atomic mass is 16.6. The van der Waals surface area contributed by atoms with E-state index in [0.717, 1.165) is 32.1 Å². The molecule has 4 aliphatic rings. The highest BCUT2D eigenvalue weighted by Gasteiger charge is 2.59. The van der Waals surface area contributed by atoms with Gasteiger partial charge in [0.15, 0.2) is 0 Å². The molecule has 2 unspecified atom stereocenters. The molecule has 4 aliphatic carbocycles. The molecule has 0 aliphatic heterocycles. The molecule has 8 nitrogen and oxygen atoms in total. The van der Waals surface area contributed by atoms with Crippen molar-refractivity contribution >= 4 is 12.0 Å². The molecule has 2 N–H and O–H groups in total. The number of carbonyl (C=O) groups excluding carboxylic acids is 2. The van der Waals surface area contributed by atoms with E-state index in [1.165, 1.54) is 6.20 Å². The third-order valence-electron chi connectivity index (χ3n) is 7.07. The lowest BCUT2D eigenvalue weighted by atomic mass is 9.50. The van der Waals surface area contributed by atoms with Crippen LogP contribution < -0.4 is 20.1 Å². The molecule has 1 heterocycles. The van der Waals surface area contributed by atoms with Gasteiger partial charge in [-0.05, 0) is 75.5 Å². The molecule has 0 radical (unpaired) electrons. The molecule has 4 saturated carbocycles. The fraction of sp³-hybridized carbons (Fsp3) is 0.500. The molecular weight excluding hydrogens is 408 g/mol. The second-order valence-electron chi connectivity index (χ2n) is 9.72. The maximum absolute atomic E-state index is 13.1. The van der Waals surface area contributed by atoms with E-state index in [2.05, 4.69) is 20.6 Å². The third kappa shape index (κ3) is 4.01.